The van der Waals surface area contributed by atoms with Crippen molar-refractivity contribution < 1.29 is 27.4 Å². The van der Waals surface area contributed by atoms with Crippen LogP contribution in [0.5, 0.6) is 11.5 Å². The molecule has 0 radical (unpaired) electrons. The van der Waals surface area contributed by atoms with Crippen molar-refractivity contribution in [3.8, 4) is 11.5 Å². The van der Waals surface area contributed by atoms with E-state index in [2.05, 4.69) is 10.6 Å². The van der Waals surface area contributed by atoms with Crippen LogP contribution in [0.25, 0.3) is 0 Å². The minimum atomic E-state index is -4.38. The van der Waals surface area contributed by atoms with Gasteiger partial charge in [-0.25, -0.2) is 0 Å². The molecule has 1 aliphatic rings. The highest BCUT2D eigenvalue weighted by Crippen LogP contribution is 2.31. The number of benzene rings is 2. The van der Waals surface area contributed by atoms with Crippen molar-refractivity contribution >= 4 is 24.0 Å². The van der Waals surface area contributed by atoms with Crippen LogP contribution < -0.4 is 20.1 Å². The topological polar surface area (TPSA) is 59.6 Å². The number of ether oxygens (including phenoxy) is 2. The predicted octanol–water partition coefficient (Wildman–Crippen LogP) is 4.67. The Morgan fingerprint density at radius 2 is 1.73 bits per heavy atom. The van der Waals surface area contributed by atoms with Crippen LogP contribution in [-0.4, -0.2) is 31.7 Å². The van der Waals surface area contributed by atoms with Gasteiger partial charge in [0.25, 0.3) is 0 Å². The Morgan fingerprint density at radius 3 is 2.43 bits per heavy atom. The van der Waals surface area contributed by atoms with E-state index in [0.717, 1.165) is 36.6 Å². The van der Waals surface area contributed by atoms with Crippen LogP contribution in [0.2, 0.25) is 0 Å². The van der Waals surface area contributed by atoms with E-state index < -0.39 is 11.7 Å². The molecular weight excluding hydrogens is 421 g/mol. The van der Waals surface area contributed by atoms with Crippen molar-refractivity contribution in [3.63, 3.8) is 0 Å². The fraction of sp³-hybridized carbons (Fsp3) is 0.381. The van der Waals surface area contributed by atoms with Crippen LogP contribution in [0.1, 0.15) is 24.8 Å². The lowest BCUT2D eigenvalue weighted by Gasteiger charge is -2.26. The van der Waals surface area contributed by atoms with Crippen molar-refractivity contribution in [2.24, 2.45) is 0 Å². The average Bonchev–Trinajstić information content (AvgIpc) is 2.70. The molecule has 3 rings (SSSR count). The molecule has 9 heteroatoms. The number of alkyl halides is 3. The molecule has 1 heterocycles. The Morgan fingerprint density at radius 1 is 1.03 bits per heavy atom. The number of para-hydroxylation sites is 2. The first-order chi connectivity index (χ1) is 13.9. The largest absolute Gasteiger partial charge is 0.486 e. The van der Waals surface area contributed by atoms with Crippen LogP contribution in [0.4, 0.5) is 18.9 Å². The number of hydrogen-bond donors (Lipinski definition) is 2. The number of hydrogen-bond acceptors (Lipinski definition) is 4. The molecule has 0 aromatic heterocycles. The number of rotatable bonds is 8. The second-order valence-corrected chi connectivity index (χ2v) is 6.78. The van der Waals surface area contributed by atoms with Crippen LogP contribution >= 0.6 is 12.4 Å². The molecule has 5 nitrogen and oxygen atoms in total. The zero-order valence-electron chi connectivity index (χ0n) is 16.2. The Labute approximate surface area is 179 Å². The Bertz CT molecular complexity index is 816. The molecule has 30 heavy (non-hydrogen) atoms. The van der Waals surface area contributed by atoms with Gasteiger partial charge in [0.1, 0.15) is 12.7 Å². The maximum Gasteiger partial charge on any atom is 0.416 e. The van der Waals surface area contributed by atoms with Crippen LogP contribution in [-0.2, 0) is 11.0 Å². The van der Waals surface area contributed by atoms with E-state index >= 15 is 0 Å². The van der Waals surface area contributed by atoms with E-state index in [1.165, 1.54) is 12.1 Å². The number of unbranched alkanes of at least 4 members (excludes halogenated alkanes) is 1. The number of amides is 1. The normalized spacial score (nSPS) is 15.2. The first-order valence-electron chi connectivity index (χ1n) is 9.48. The van der Waals surface area contributed by atoms with E-state index in [0.29, 0.717) is 31.7 Å². The zero-order valence-corrected chi connectivity index (χ0v) is 17.0. The Hall–Kier alpha value is -2.45. The summed E-state index contributed by atoms with van der Waals surface area (Å²) in [7, 11) is 0. The fourth-order valence-electron chi connectivity index (χ4n) is 2.93. The third-order valence-electron chi connectivity index (χ3n) is 4.44. The zero-order chi connectivity index (χ0) is 20.7. The molecule has 2 N–H and O–H groups in total. The minimum absolute atomic E-state index is 0. The van der Waals surface area contributed by atoms with E-state index in [1.807, 2.05) is 24.3 Å². The number of carbonyl (C=O) groups is 1. The summed E-state index contributed by atoms with van der Waals surface area (Å²) in [4.78, 5) is 11.9. The lowest BCUT2D eigenvalue weighted by molar-refractivity contribution is -0.137. The van der Waals surface area contributed by atoms with Crippen molar-refractivity contribution in [2.75, 3.05) is 25.0 Å². The number of fused-ring (bicyclic) bond motifs is 1. The van der Waals surface area contributed by atoms with E-state index in [9.17, 15) is 18.0 Å². The molecular formula is C21H24ClF3N2O3. The maximum atomic E-state index is 12.5. The van der Waals surface area contributed by atoms with E-state index in [4.69, 9.17) is 9.47 Å². The number of anilines is 1. The second kappa shape index (κ2) is 11.1. The quantitative estimate of drug-likeness (QED) is 0.581. The van der Waals surface area contributed by atoms with Gasteiger partial charge in [-0.3, -0.25) is 4.79 Å². The van der Waals surface area contributed by atoms with Gasteiger partial charge < -0.3 is 20.1 Å². The minimum Gasteiger partial charge on any atom is -0.486 e. The van der Waals surface area contributed by atoms with Crippen molar-refractivity contribution in [3.05, 3.63) is 54.1 Å². The van der Waals surface area contributed by atoms with E-state index in [-0.39, 0.29) is 24.4 Å². The highest BCUT2D eigenvalue weighted by molar-refractivity contribution is 5.90. The van der Waals surface area contributed by atoms with E-state index in [1.54, 1.807) is 0 Å². The lowest BCUT2D eigenvalue weighted by Crippen LogP contribution is -2.38. The summed E-state index contributed by atoms with van der Waals surface area (Å²) in [6.45, 7) is 1.86. The van der Waals surface area contributed by atoms with Crippen LogP contribution in [0, 0.1) is 0 Å². The summed E-state index contributed by atoms with van der Waals surface area (Å²) in [5.74, 6) is 1.28. The van der Waals surface area contributed by atoms with Crippen LogP contribution in [0.3, 0.4) is 0 Å². The number of carbonyl (C=O) groups excluding carboxylic acids is 1. The molecule has 2 aromatic rings. The summed E-state index contributed by atoms with van der Waals surface area (Å²) in [5, 5.41) is 5.90. The Kier molecular flexibility index (Phi) is 8.80. The molecule has 164 valence electrons. The lowest BCUT2D eigenvalue weighted by atomic mass is 10.2. The average molecular weight is 445 g/mol. The predicted molar refractivity (Wildman–Crippen MR) is 110 cm³/mol. The molecule has 0 fully saturated rings. The summed E-state index contributed by atoms with van der Waals surface area (Å²) in [6.07, 6.45) is -2.67. The van der Waals surface area contributed by atoms with Crippen molar-refractivity contribution in [1.82, 2.24) is 5.32 Å². The molecule has 1 amide bonds. The fourth-order valence-corrected chi connectivity index (χ4v) is 2.93. The molecule has 1 aliphatic heterocycles. The maximum absolute atomic E-state index is 12.5. The highest BCUT2D eigenvalue weighted by atomic mass is 35.5. The second-order valence-electron chi connectivity index (χ2n) is 6.78. The molecule has 0 saturated carbocycles. The molecule has 1 atom stereocenters. The third-order valence-corrected chi connectivity index (χ3v) is 4.44. The molecule has 0 saturated heterocycles. The van der Waals surface area contributed by atoms with Crippen molar-refractivity contribution in [2.45, 2.75) is 31.5 Å². The van der Waals surface area contributed by atoms with Gasteiger partial charge in [0.05, 0.1) is 5.56 Å². The number of nitrogens with one attached hydrogen (secondary N) is 2. The van der Waals surface area contributed by atoms with Gasteiger partial charge in [-0.2, -0.15) is 13.2 Å². The van der Waals surface area contributed by atoms with Crippen molar-refractivity contribution in [1.29, 1.82) is 0 Å². The molecule has 1 unspecified atom stereocenters. The molecule has 0 spiro atoms. The standard InChI is InChI=1S/C21H23F3N2O3.ClH/c22-21(23,24)15-8-10-16(11-9-15)26-20(27)7-3-4-12-25-13-17-14-28-18-5-1-2-6-19(18)29-17;/h1-2,5-6,8-11,17,25H,3-4,7,12-14H2,(H,26,27);1H. The van der Waals surface area contributed by atoms with Crippen LogP contribution in [0.15, 0.2) is 48.5 Å². The summed E-state index contributed by atoms with van der Waals surface area (Å²) in [5.41, 5.74) is -0.381. The number of halogens is 4. The summed E-state index contributed by atoms with van der Waals surface area (Å²) in [6, 6.07) is 12.0. The third kappa shape index (κ3) is 7.11. The molecule has 0 bridgehead atoms. The van der Waals surface area contributed by atoms with Gasteiger partial charge in [-0.1, -0.05) is 12.1 Å². The van der Waals surface area contributed by atoms with Gasteiger partial charge >= 0.3 is 6.18 Å². The molecule has 2 aromatic carbocycles. The van der Waals surface area contributed by atoms with Gasteiger partial charge in [0.2, 0.25) is 5.91 Å². The monoisotopic (exact) mass is 444 g/mol. The smallest absolute Gasteiger partial charge is 0.416 e. The molecule has 0 aliphatic carbocycles. The summed E-state index contributed by atoms with van der Waals surface area (Å²) < 4.78 is 49.1. The van der Waals surface area contributed by atoms with Gasteiger partial charge in [-0.15, -0.1) is 12.4 Å². The van der Waals surface area contributed by atoms with Gasteiger partial charge in [0.15, 0.2) is 11.5 Å². The first kappa shape index (κ1) is 23.8. The van der Waals surface area contributed by atoms with Gasteiger partial charge in [0, 0.05) is 18.7 Å². The Balaban J connectivity index is 0.00000320. The summed E-state index contributed by atoms with van der Waals surface area (Å²) >= 11 is 0. The first-order valence-corrected chi connectivity index (χ1v) is 9.48. The highest BCUT2D eigenvalue weighted by Gasteiger charge is 2.30. The SMILES string of the molecule is Cl.O=C(CCCCNCC1COc2ccccc2O1)Nc1ccc(C(F)(F)F)cc1. The van der Waals surface area contributed by atoms with Gasteiger partial charge in [-0.05, 0) is 55.8 Å².